The normalized spacial score (nSPS) is 15.5. The fraction of sp³-hybridized carbons (Fsp3) is 0.389. The van der Waals surface area contributed by atoms with Crippen molar-refractivity contribution < 1.29 is 9.53 Å². The first-order valence-corrected chi connectivity index (χ1v) is 8.13. The van der Waals surface area contributed by atoms with Crippen LogP contribution in [-0.2, 0) is 4.79 Å². The molecule has 0 bridgehead atoms. The number of anilines is 2. The molecule has 2 heterocycles. The molecule has 0 radical (unpaired) electrons. The van der Waals surface area contributed by atoms with E-state index in [1.807, 2.05) is 43.0 Å². The molecule has 1 aliphatic rings. The van der Waals surface area contributed by atoms with Gasteiger partial charge in [-0.25, -0.2) is 4.98 Å². The summed E-state index contributed by atoms with van der Waals surface area (Å²) >= 11 is 0. The summed E-state index contributed by atoms with van der Waals surface area (Å²) in [7, 11) is 1.59. The van der Waals surface area contributed by atoms with Crippen molar-refractivity contribution in [1.29, 1.82) is 0 Å². The van der Waals surface area contributed by atoms with Gasteiger partial charge in [0.15, 0.2) is 0 Å². The lowest BCUT2D eigenvalue weighted by Gasteiger charge is -2.19. The lowest BCUT2D eigenvalue weighted by molar-refractivity contribution is -0.117. The van der Waals surface area contributed by atoms with Crippen molar-refractivity contribution in [2.75, 3.05) is 23.9 Å². The number of ether oxygens (including phenoxy) is 1. The minimum atomic E-state index is 0.00848. The number of amides is 1. The van der Waals surface area contributed by atoms with Gasteiger partial charge in [0.25, 0.3) is 0 Å². The molecule has 126 valence electrons. The summed E-state index contributed by atoms with van der Waals surface area (Å²) in [6.07, 6.45) is 1.56. The first-order valence-electron chi connectivity index (χ1n) is 8.13. The molecule has 1 aromatic heterocycles. The van der Waals surface area contributed by atoms with Crippen molar-refractivity contribution in [3.05, 3.63) is 41.6 Å². The Morgan fingerprint density at radius 3 is 2.83 bits per heavy atom. The molecule has 1 fully saturated rings. The van der Waals surface area contributed by atoms with Gasteiger partial charge in [-0.3, -0.25) is 4.79 Å². The average Bonchev–Trinajstić information content (AvgIpc) is 3.00. The molecule has 1 saturated heterocycles. The molecule has 1 atom stereocenters. The van der Waals surface area contributed by atoms with Crippen molar-refractivity contribution in [2.45, 2.75) is 32.7 Å². The van der Waals surface area contributed by atoms with Crippen LogP contribution in [0.15, 0.2) is 30.3 Å². The van der Waals surface area contributed by atoms with Gasteiger partial charge in [0, 0.05) is 30.4 Å². The van der Waals surface area contributed by atoms with Crippen LogP contribution in [0.4, 0.5) is 11.6 Å². The lowest BCUT2D eigenvalue weighted by Crippen LogP contribution is -2.23. The number of hydrogen-bond donors (Lipinski definition) is 1. The third-order valence-corrected chi connectivity index (χ3v) is 4.14. The van der Waals surface area contributed by atoms with Crippen LogP contribution in [0.1, 0.15) is 37.1 Å². The molecule has 1 aliphatic heterocycles. The zero-order valence-electron chi connectivity index (χ0n) is 14.2. The van der Waals surface area contributed by atoms with Crippen LogP contribution in [0.5, 0.6) is 5.88 Å². The largest absolute Gasteiger partial charge is 0.481 e. The third kappa shape index (κ3) is 3.48. The minimum absolute atomic E-state index is 0.00848. The molecular formula is C18H22N4O2. The van der Waals surface area contributed by atoms with E-state index in [9.17, 15) is 4.79 Å². The molecule has 0 saturated carbocycles. The zero-order chi connectivity index (χ0) is 17.1. The zero-order valence-corrected chi connectivity index (χ0v) is 14.2. The van der Waals surface area contributed by atoms with Gasteiger partial charge in [-0.1, -0.05) is 12.1 Å². The Morgan fingerprint density at radius 2 is 2.12 bits per heavy atom. The summed E-state index contributed by atoms with van der Waals surface area (Å²) in [5.74, 6) is 1.26. The van der Waals surface area contributed by atoms with E-state index in [0.29, 0.717) is 18.2 Å². The molecule has 6 heteroatoms. The first kappa shape index (κ1) is 16.2. The highest BCUT2D eigenvalue weighted by atomic mass is 16.5. The number of aryl methyl sites for hydroxylation is 1. The molecule has 0 unspecified atom stereocenters. The van der Waals surface area contributed by atoms with Gasteiger partial charge in [-0.2, -0.15) is 4.98 Å². The molecule has 1 N–H and O–H groups in total. The molecule has 6 nitrogen and oxygen atoms in total. The van der Waals surface area contributed by atoms with Gasteiger partial charge in [0.1, 0.15) is 0 Å². The van der Waals surface area contributed by atoms with Crippen LogP contribution in [-0.4, -0.2) is 29.5 Å². The smallest absolute Gasteiger partial charge is 0.227 e. The maximum absolute atomic E-state index is 11.9. The molecule has 0 spiro atoms. The topological polar surface area (TPSA) is 67.3 Å². The number of methoxy groups -OCH3 is 1. The summed E-state index contributed by atoms with van der Waals surface area (Å²) in [6, 6.07) is 9.84. The Labute approximate surface area is 141 Å². The Kier molecular flexibility index (Phi) is 4.64. The van der Waals surface area contributed by atoms with Crippen LogP contribution in [0.25, 0.3) is 0 Å². The number of rotatable bonds is 5. The van der Waals surface area contributed by atoms with Gasteiger partial charge in [-0.15, -0.1) is 0 Å². The second kappa shape index (κ2) is 6.86. The van der Waals surface area contributed by atoms with Gasteiger partial charge < -0.3 is 15.0 Å². The Morgan fingerprint density at radius 1 is 1.29 bits per heavy atom. The Hall–Kier alpha value is -2.63. The van der Waals surface area contributed by atoms with E-state index in [1.165, 1.54) is 0 Å². The second-order valence-corrected chi connectivity index (χ2v) is 5.99. The van der Waals surface area contributed by atoms with Crippen LogP contribution >= 0.6 is 0 Å². The van der Waals surface area contributed by atoms with Crippen molar-refractivity contribution in [2.24, 2.45) is 0 Å². The van der Waals surface area contributed by atoms with Crippen LogP contribution < -0.4 is 15.0 Å². The molecule has 3 rings (SSSR count). The number of nitrogens with zero attached hydrogens (tertiary/aromatic N) is 3. The van der Waals surface area contributed by atoms with Gasteiger partial charge >= 0.3 is 0 Å². The number of nitrogens with one attached hydrogen (secondary N) is 1. The average molecular weight is 326 g/mol. The molecule has 24 heavy (non-hydrogen) atoms. The van der Waals surface area contributed by atoms with Crippen molar-refractivity contribution >= 4 is 17.5 Å². The third-order valence-electron chi connectivity index (χ3n) is 4.14. The minimum Gasteiger partial charge on any atom is -0.481 e. The van der Waals surface area contributed by atoms with E-state index in [1.54, 1.807) is 13.2 Å². The molecule has 0 aliphatic carbocycles. The second-order valence-electron chi connectivity index (χ2n) is 5.99. The van der Waals surface area contributed by atoms with Crippen molar-refractivity contribution in [1.82, 2.24) is 9.97 Å². The fourth-order valence-corrected chi connectivity index (χ4v) is 2.87. The van der Waals surface area contributed by atoms with Crippen LogP contribution in [0.3, 0.4) is 0 Å². The monoisotopic (exact) mass is 326 g/mol. The highest BCUT2D eigenvalue weighted by Gasteiger charge is 2.22. The summed E-state index contributed by atoms with van der Waals surface area (Å²) < 4.78 is 5.19. The summed E-state index contributed by atoms with van der Waals surface area (Å²) in [5, 5.41) is 3.30. The molecule has 1 amide bonds. The predicted molar refractivity (Wildman–Crippen MR) is 93.4 cm³/mol. The first-order chi connectivity index (χ1) is 11.6. The molecule has 2 aromatic rings. The van der Waals surface area contributed by atoms with Crippen molar-refractivity contribution in [3.63, 3.8) is 0 Å². The maximum Gasteiger partial charge on any atom is 0.227 e. The summed E-state index contributed by atoms with van der Waals surface area (Å²) in [4.78, 5) is 22.5. The van der Waals surface area contributed by atoms with Gasteiger partial charge in [0.05, 0.1) is 13.2 Å². The molecule has 1 aromatic carbocycles. The summed E-state index contributed by atoms with van der Waals surface area (Å²) in [6.45, 7) is 4.74. The van der Waals surface area contributed by atoms with E-state index in [2.05, 4.69) is 15.3 Å². The van der Waals surface area contributed by atoms with Crippen LogP contribution in [0, 0.1) is 6.92 Å². The quantitative estimate of drug-likeness (QED) is 0.914. The van der Waals surface area contributed by atoms with E-state index in [0.717, 1.165) is 29.9 Å². The van der Waals surface area contributed by atoms with E-state index < -0.39 is 0 Å². The standard InChI is InChI=1S/C18H22N4O2/c1-12-10-16(24-3)21-18(19-12)20-13(2)14-6-4-7-15(11-14)22-9-5-8-17(22)23/h4,6-7,10-11,13H,5,8-9H2,1-3H3,(H,19,20,21)/t13-/m0/s1. The number of carbonyl (C=O) groups excluding carboxylic acids is 1. The fourth-order valence-electron chi connectivity index (χ4n) is 2.87. The number of hydrogen-bond acceptors (Lipinski definition) is 5. The predicted octanol–water partition coefficient (Wildman–Crippen LogP) is 3.09. The highest BCUT2D eigenvalue weighted by molar-refractivity contribution is 5.95. The lowest BCUT2D eigenvalue weighted by atomic mass is 10.1. The Balaban J connectivity index is 1.79. The van der Waals surface area contributed by atoms with Crippen LogP contribution in [0.2, 0.25) is 0 Å². The molecular weight excluding hydrogens is 304 g/mol. The highest BCUT2D eigenvalue weighted by Crippen LogP contribution is 2.26. The summed E-state index contributed by atoms with van der Waals surface area (Å²) in [5.41, 5.74) is 2.87. The van der Waals surface area contributed by atoms with E-state index >= 15 is 0 Å². The van der Waals surface area contributed by atoms with E-state index in [-0.39, 0.29) is 11.9 Å². The van der Waals surface area contributed by atoms with E-state index in [4.69, 9.17) is 4.74 Å². The maximum atomic E-state index is 11.9. The number of carbonyl (C=O) groups is 1. The van der Waals surface area contributed by atoms with Crippen molar-refractivity contribution in [3.8, 4) is 5.88 Å². The van der Waals surface area contributed by atoms with Gasteiger partial charge in [-0.05, 0) is 38.0 Å². The Bertz CT molecular complexity index is 748. The SMILES string of the molecule is COc1cc(C)nc(N[C@@H](C)c2cccc(N3CCCC3=O)c2)n1. The number of aromatic nitrogens is 2. The van der Waals surface area contributed by atoms with Gasteiger partial charge in [0.2, 0.25) is 17.7 Å². The number of benzene rings is 1.